The minimum Gasteiger partial charge on any atom is -0.393 e. The molecule has 1 radical (unpaired) electrons. The zero-order valence-electron chi connectivity index (χ0n) is 7.82. The summed E-state index contributed by atoms with van der Waals surface area (Å²) in [4.78, 5) is 10.2. The van der Waals surface area contributed by atoms with Crippen LogP contribution >= 0.6 is 0 Å². The van der Waals surface area contributed by atoms with Crippen molar-refractivity contribution in [3.05, 3.63) is 0 Å². The van der Waals surface area contributed by atoms with E-state index >= 15 is 0 Å². The van der Waals surface area contributed by atoms with Crippen molar-refractivity contribution in [3.8, 4) is 0 Å². The van der Waals surface area contributed by atoms with E-state index in [9.17, 15) is 15.0 Å². The van der Waals surface area contributed by atoms with Gasteiger partial charge in [-0.25, -0.2) is 0 Å². The molecule has 0 spiro atoms. The Morgan fingerprint density at radius 1 is 1.33 bits per heavy atom. The largest absolute Gasteiger partial charge is 0.393 e. The minimum absolute atomic E-state index is 0.272. The van der Waals surface area contributed by atoms with Crippen LogP contribution in [0.15, 0.2) is 0 Å². The summed E-state index contributed by atoms with van der Waals surface area (Å²) >= 11 is 0. The maximum atomic E-state index is 10.2. The molecule has 3 nitrogen and oxygen atoms in total. The average Bonchev–Trinajstić information content (AvgIpc) is 2.12. The number of hydrogen-bond acceptors (Lipinski definition) is 3. The van der Waals surface area contributed by atoms with Gasteiger partial charge in [-0.3, -0.25) is 4.79 Å². The van der Waals surface area contributed by atoms with Crippen LogP contribution in [-0.4, -0.2) is 28.7 Å². The average molecular weight is 173 g/mol. The standard InChI is InChI=1S/C9H17O3/c1-4-8(11)7(3)9(12)6(2)5-10/h6-9,11-12H,4H2,1-3H3/t6-,7+,8-,9-/m1/s1. The first-order valence-electron chi connectivity index (χ1n) is 4.28. The third-order valence-electron chi connectivity index (χ3n) is 2.26. The van der Waals surface area contributed by atoms with Gasteiger partial charge in [0.15, 0.2) is 0 Å². The van der Waals surface area contributed by atoms with Crippen molar-refractivity contribution in [2.75, 3.05) is 0 Å². The predicted molar refractivity (Wildman–Crippen MR) is 46.3 cm³/mol. The fourth-order valence-corrected chi connectivity index (χ4v) is 1.12. The molecule has 0 aliphatic rings. The lowest BCUT2D eigenvalue weighted by molar-refractivity contribution is 0.00608. The second-order valence-corrected chi connectivity index (χ2v) is 3.23. The third-order valence-corrected chi connectivity index (χ3v) is 2.26. The van der Waals surface area contributed by atoms with E-state index in [1.165, 1.54) is 0 Å². The molecule has 0 saturated carbocycles. The summed E-state index contributed by atoms with van der Waals surface area (Å²) in [5.74, 6) is -0.798. The van der Waals surface area contributed by atoms with Gasteiger partial charge in [-0.15, -0.1) is 0 Å². The Hall–Kier alpha value is -0.410. The lowest BCUT2D eigenvalue weighted by Crippen LogP contribution is -2.34. The number of aliphatic hydroxyl groups is 2. The van der Waals surface area contributed by atoms with Gasteiger partial charge in [0.1, 0.15) is 0 Å². The van der Waals surface area contributed by atoms with Crippen LogP contribution in [0.25, 0.3) is 0 Å². The van der Waals surface area contributed by atoms with E-state index in [0.29, 0.717) is 6.42 Å². The van der Waals surface area contributed by atoms with Gasteiger partial charge in [0.25, 0.3) is 0 Å². The van der Waals surface area contributed by atoms with Crippen molar-refractivity contribution >= 4 is 6.29 Å². The molecule has 0 bridgehead atoms. The number of rotatable bonds is 5. The van der Waals surface area contributed by atoms with Crippen molar-refractivity contribution in [2.45, 2.75) is 39.4 Å². The SMILES string of the molecule is CC[C@@H](O)[C@H](C)[C@H](O)[C@H](C)[C]=O. The van der Waals surface area contributed by atoms with Gasteiger partial charge < -0.3 is 10.2 Å². The zero-order valence-corrected chi connectivity index (χ0v) is 7.82. The fourth-order valence-electron chi connectivity index (χ4n) is 1.12. The molecule has 4 atom stereocenters. The van der Waals surface area contributed by atoms with Crippen molar-refractivity contribution < 1.29 is 15.0 Å². The first-order valence-corrected chi connectivity index (χ1v) is 4.28. The van der Waals surface area contributed by atoms with Crippen LogP contribution in [0.3, 0.4) is 0 Å². The molecule has 12 heavy (non-hydrogen) atoms. The molecule has 71 valence electrons. The molecule has 0 saturated heterocycles. The molecule has 0 aromatic rings. The topological polar surface area (TPSA) is 57.5 Å². The van der Waals surface area contributed by atoms with Crippen LogP contribution in [0, 0.1) is 11.8 Å². The van der Waals surface area contributed by atoms with E-state index in [0.717, 1.165) is 0 Å². The van der Waals surface area contributed by atoms with Gasteiger partial charge in [-0.1, -0.05) is 20.8 Å². The summed E-state index contributed by atoms with van der Waals surface area (Å²) in [6, 6.07) is 0. The van der Waals surface area contributed by atoms with Crippen LogP contribution < -0.4 is 0 Å². The summed E-state index contributed by atoms with van der Waals surface area (Å²) in [7, 11) is 0. The maximum absolute atomic E-state index is 10.2. The van der Waals surface area contributed by atoms with Gasteiger partial charge in [-0.2, -0.15) is 0 Å². The molecule has 0 amide bonds. The molecule has 0 rings (SSSR count). The molecule has 0 aromatic carbocycles. The van der Waals surface area contributed by atoms with Crippen LogP contribution in [-0.2, 0) is 4.79 Å². The Bertz CT molecular complexity index is 136. The first-order chi connectivity index (χ1) is 5.54. The van der Waals surface area contributed by atoms with Crippen molar-refractivity contribution in [1.82, 2.24) is 0 Å². The van der Waals surface area contributed by atoms with Crippen molar-refractivity contribution in [2.24, 2.45) is 11.8 Å². The van der Waals surface area contributed by atoms with Gasteiger partial charge in [0.2, 0.25) is 6.29 Å². The lowest BCUT2D eigenvalue weighted by atomic mass is 9.89. The Morgan fingerprint density at radius 2 is 1.83 bits per heavy atom. The summed E-state index contributed by atoms with van der Waals surface area (Å²) in [6.45, 7) is 5.16. The van der Waals surface area contributed by atoms with Gasteiger partial charge in [-0.05, 0) is 6.42 Å². The van der Waals surface area contributed by atoms with Crippen molar-refractivity contribution in [1.29, 1.82) is 0 Å². The van der Waals surface area contributed by atoms with Crippen LogP contribution in [0.2, 0.25) is 0 Å². The molecule has 0 aliphatic carbocycles. The molecule has 0 unspecified atom stereocenters. The van der Waals surface area contributed by atoms with E-state index in [4.69, 9.17) is 0 Å². The fraction of sp³-hybridized carbons (Fsp3) is 0.889. The maximum Gasteiger partial charge on any atom is 0.204 e. The van der Waals surface area contributed by atoms with Crippen LogP contribution in [0.5, 0.6) is 0 Å². The normalized spacial score (nSPS) is 21.1. The zero-order chi connectivity index (χ0) is 9.72. The van der Waals surface area contributed by atoms with Gasteiger partial charge in [0, 0.05) is 11.8 Å². The second-order valence-electron chi connectivity index (χ2n) is 3.23. The number of hydrogen-bond donors (Lipinski definition) is 2. The number of aliphatic hydroxyl groups excluding tert-OH is 2. The molecule has 0 aromatic heterocycles. The second kappa shape index (κ2) is 5.27. The predicted octanol–water partition coefficient (Wildman–Crippen LogP) is 0.500. The van der Waals surface area contributed by atoms with E-state index in [-0.39, 0.29) is 5.92 Å². The highest BCUT2D eigenvalue weighted by molar-refractivity contribution is 5.54. The van der Waals surface area contributed by atoms with Crippen LogP contribution in [0.1, 0.15) is 27.2 Å². The molecule has 0 fully saturated rings. The highest BCUT2D eigenvalue weighted by Gasteiger charge is 2.25. The Morgan fingerprint density at radius 3 is 2.17 bits per heavy atom. The summed E-state index contributed by atoms with van der Waals surface area (Å²) in [5, 5.41) is 18.8. The third kappa shape index (κ3) is 2.91. The molecule has 0 heterocycles. The Labute approximate surface area is 73.4 Å². The highest BCUT2D eigenvalue weighted by atomic mass is 16.3. The Kier molecular flexibility index (Phi) is 5.09. The van der Waals surface area contributed by atoms with Crippen LogP contribution in [0.4, 0.5) is 0 Å². The minimum atomic E-state index is -0.794. The van der Waals surface area contributed by atoms with Gasteiger partial charge >= 0.3 is 0 Å². The van der Waals surface area contributed by atoms with E-state index < -0.39 is 18.1 Å². The summed E-state index contributed by atoms with van der Waals surface area (Å²) in [6.07, 6.45) is 0.961. The monoisotopic (exact) mass is 173 g/mol. The smallest absolute Gasteiger partial charge is 0.204 e. The quantitative estimate of drug-likeness (QED) is 0.636. The molecular weight excluding hydrogens is 156 g/mol. The summed E-state index contributed by atoms with van der Waals surface area (Å²) < 4.78 is 0. The first kappa shape index (κ1) is 11.6. The Balaban J connectivity index is 4.07. The van der Waals surface area contributed by atoms with E-state index in [1.54, 1.807) is 20.1 Å². The van der Waals surface area contributed by atoms with Crippen molar-refractivity contribution in [3.63, 3.8) is 0 Å². The van der Waals surface area contributed by atoms with Gasteiger partial charge in [0.05, 0.1) is 12.2 Å². The van der Waals surface area contributed by atoms with E-state index in [2.05, 4.69) is 0 Å². The molecule has 0 aliphatic heterocycles. The lowest BCUT2D eigenvalue weighted by Gasteiger charge is -2.24. The summed E-state index contributed by atoms with van der Waals surface area (Å²) in [5.41, 5.74) is 0. The molecular formula is C9H17O3. The van der Waals surface area contributed by atoms with E-state index in [1.807, 2.05) is 6.92 Å². The molecule has 2 N–H and O–H groups in total. The highest BCUT2D eigenvalue weighted by Crippen LogP contribution is 2.16. The number of carbonyl (C=O) groups excluding carboxylic acids is 1. The molecule has 3 heteroatoms.